The van der Waals surface area contributed by atoms with Crippen molar-refractivity contribution in [1.29, 1.82) is 0 Å². The van der Waals surface area contributed by atoms with Gasteiger partial charge in [-0.3, -0.25) is 9.59 Å². The van der Waals surface area contributed by atoms with E-state index >= 15 is 0 Å². The summed E-state index contributed by atoms with van der Waals surface area (Å²) in [5.41, 5.74) is 1.15. The number of fused-ring (bicyclic) bond motifs is 1. The molecule has 0 fully saturated rings. The third-order valence-corrected chi connectivity index (χ3v) is 4.21. The molecule has 0 aliphatic carbocycles. The lowest BCUT2D eigenvalue weighted by molar-refractivity contribution is -0.125. The molecule has 1 aliphatic heterocycles. The minimum atomic E-state index is -0.724. The molecule has 2 aromatic carbocycles. The number of carbonyl (C=O) groups is 2. The van der Waals surface area contributed by atoms with Crippen LogP contribution in [0.15, 0.2) is 48.5 Å². The lowest BCUT2D eigenvalue weighted by Gasteiger charge is -2.25. The minimum Gasteiger partial charge on any atom is -0.485 e. The van der Waals surface area contributed by atoms with Crippen molar-refractivity contribution in [3.8, 4) is 11.5 Å². The van der Waals surface area contributed by atoms with Crippen molar-refractivity contribution in [2.45, 2.75) is 32.4 Å². The van der Waals surface area contributed by atoms with Crippen LogP contribution < -0.4 is 20.1 Å². The summed E-state index contributed by atoms with van der Waals surface area (Å²) in [6.07, 6.45) is 0.144. The molecule has 2 amide bonds. The van der Waals surface area contributed by atoms with Crippen LogP contribution in [0.1, 0.15) is 30.6 Å². The predicted octanol–water partition coefficient (Wildman–Crippen LogP) is 2.99. The van der Waals surface area contributed by atoms with Gasteiger partial charge in [-0.25, -0.2) is 0 Å². The zero-order valence-corrected chi connectivity index (χ0v) is 14.8. The normalized spacial score (nSPS) is 16.5. The number of rotatable bonds is 5. The number of ether oxygens (including phenoxy) is 2. The molecule has 0 spiro atoms. The van der Waals surface area contributed by atoms with Gasteiger partial charge in [-0.1, -0.05) is 19.1 Å². The highest BCUT2D eigenvalue weighted by molar-refractivity contribution is 5.97. The van der Waals surface area contributed by atoms with Crippen molar-refractivity contribution in [3.05, 3.63) is 54.1 Å². The number of benzene rings is 2. The third kappa shape index (κ3) is 4.14. The molecule has 0 bridgehead atoms. The Morgan fingerprint density at radius 2 is 1.81 bits per heavy atom. The molecule has 6 nitrogen and oxygen atoms in total. The number of anilines is 1. The Labute approximate surface area is 152 Å². The number of nitrogens with one attached hydrogen (secondary N) is 2. The Morgan fingerprint density at radius 1 is 1.12 bits per heavy atom. The van der Waals surface area contributed by atoms with Crippen LogP contribution in [0.3, 0.4) is 0 Å². The van der Waals surface area contributed by atoms with E-state index < -0.39 is 6.10 Å². The molecule has 2 unspecified atom stereocenters. The second kappa shape index (κ2) is 7.91. The van der Waals surface area contributed by atoms with E-state index in [1.807, 2.05) is 26.0 Å². The summed E-state index contributed by atoms with van der Waals surface area (Å²) in [4.78, 5) is 24.5. The van der Waals surface area contributed by atoms with Crippen LogP contribution in [0, 0.1) is 0 Å². The minimum absolute atomic E-state index is 0.119. The van der Waals surface area contributed by atoms with Crippen LogP contribution in [0.5, 0.6) is 11.5 Å². The van der Waals surface area contributed by atoms with Gasteiger partial charge in [0, 0.05) is 17.3 Å². The molecule has 1 aliphatic rings. The highest BCUT2D eigenvalue weighted by Gasteiger charge is 2.27. The number of carbonyl (C=O) groups excluding carboxylic acids is 2. The molecule has 2 atom stereocenters. The van der Waals surface area contributed by atoms with Gasteiger partial charge in [0.2, 0.25) is 6.10 Å². The topological polar surface area (TPSA) is 76.7 Å². The highest BCUT2D eigenvalue weighted by atomic mass is 16.6. The fourth-order valence-electron chi connectivity index (χ4n) is 2.49. The van der Waals surface area contributed by atoms with Crippen LogP contribution in [0.4, 0.5) is 5.69 Å². The van der Waals surface area contributed by atoms with E-state index in [0.29, 0.717) is 22.7 Å². The first-order valence-corrected chi connectivity index (χ1v) is 8.67. The number of hydrogen-bond acceptors (Lipinski definition) is 4. The molecule has 0 aromatic heterocycles. The summed E-state index contributed by atoms with van der Waals surface area (Å²) in [6.45, 7) is 4.12. The Bertz CT molecular complexity index is 789. The number of hydrogen-bond donors (Lipinski definition) is 2. The molecule has 0 radical (unpaired) electrons. The van der Waals surface area contributed by atoms with Crippen molar-refractivity contribution in [1.82, 2.24) is 5.32 Å². The Balaban J connectivity index is 1.59. The molecular weight excluding hydrogens is 332 g/mol. The first kappa shape index (κ1) is 17.8. The van der Waals surface area contributed by atoms with Crippen LogP contribution in [0.25, 0.3) is 0 Å². The van der Waals surface area contributed by atoms with Gasteiger partial charge in [0.05, 0.1) is 0 Å². The molecule has 0 saturated carbocycles. The first-order valence-electron chi connectivity index (χ1n) is 8.67. The van der Waals surface area contributed by atoms with E-state index in [-0.39, 0.29) is 24.5 Å². The van der Waals surface area contributed by atoms with Crippen LogP contribution in [-0.4, -0.2) is 30.6 Å². The molecule has 6 heteroatoms. The Hall–Kier alpha value is -3.02. The molecule has 2 N–H and O–H groups in total. The van der Waals surface area contributed by atoms with E-state index in [0.717, 1.165) is 6.42 Å². The van der Waals surface area contributed by atoms with E-state index in [4.69, 9.17) is 9.47 Å². The average Bonchev–Trinajstić information content (AvgIpc) is 2.67. The van der Waals surface area contributed by atoms with Gasteiger partial charge < -0.3 is 20.1 Å². The summed E-state index contributed by atoms with van der Waals surface area (Å²) >= 11 is 0. The summed E-state index contributed by atoms with van der Waals surface area (Å²) in [6, 6.07) is 14.1. The first-order chi connectivity index (χ1) is 12.6. The van der Waals surface area contributed by atoms with Crippen molar-refractivity contribution < 1.29 is 19.1 Å². The fraction of sp³-hybridized carbons (Fsp3) is 0.300. The van der Waals surface area contributed by atoms with E-state index in [1.54, 1.807) is 36.4 Å². The number of amides is 2. The maximum Gasteiger partial charge on any atom is 0.269 e. The van der Waals surface area contributed by atoms with Gasteiger partial charge in [-0.05, 0) is 49.7 Å². The smallest absolute Gasteiger partial charge is 0.269 e. The lowest BCUT2D eigenvalue weighted by atomic mass is 10.1. The summed E-state index contributed by atoms with van der Waals surface area (Å²) in [7, 11) is 0. The van der Waals surface area contributed by atoms with Gasteiger partial charge in [0.25, 0.3) is 11.8 Å². The van der Waals surface area contributed by atoms with Crippen LogP contribution in [-0.2, 0) is 4.79 Å². The molecule has 3 rings (SSSR count). The summed E-state index contributed by atoms with van der Waals surface area (Å²) < 4.78 is 11.2. The lowest BCUT2D eigenvalue weighted by Crippen LogP contribution is -2.40. The van der Waals surface area contributed by atoms with Gasteiger partial charge >= 0.3 is 0 Å². The molecular formula is C20H22N2O4. The second-order valence-corrected chi connectivity index (χ2v) is 6.21. The molecule has 26 heavy (non-hydrogen) atoms. The predicted molar refractivity (Wildman–Crippen MR) is 98.6 cm³/mol. The monoisotopic (exact) mass is 354 g/mol. The van der Waals surface area contributed by atoms with Crippen molar-refractivity contribution in [3.63, 3.8) is 0 Å². The molecule has 2 aromatic rings. The Morgan fingerprint density at radius 3 is 2.50 bits per heavy atom. The van der Waals surface area contributed by atoms with Crippen LogP contribution >= 0.6 is 0 Å². The molecule has 1 heterocycles. The second-order valence-electron chi connectivity index (χ2n) is 6.21. The van der Waals surface area contributed by atoms with Gasteiger partial charge in [-0.15, -0.1) is 0 Å². The Kier molecular flexibility index (Phi) is 5.41. The number of para-hydroxylation sites is 2. The van der Waals surface area contributed by atoms with Crippen molar-refractivity contribution >= 4 is 17.5 Å². The zero-order chi connectivity index (χ0) is 18.5. The van der Waals surface area contributed by atoms with Crippen LogP contribution in [0.2, 0.25) is 0 Å². The van der Waals surface area contributed by atoms with Crippen molar-refractivity contribution in [2.24, 2.45) is 0 Å². The maximum absolute atomic E-state index is 12.4. The molecule has 136 valence electrons. The van der Waals surface area contributed by atoms with Gasteiger partial charge in [-0.2, -0.15) is 0 Å². The highest BCUT2D eigenvalue weighted by Crippen LogP contribution is 2.31. The average molecular weight is 354 g/mol. The van der Waals surface area contributed by atoms with E-state index in [1.165, 1.54) is 0 Å². The van der Waals surface area contributed by atoms with E-state index in [2.05, 4.69) is 10.6 Å². The van der Waals surface area contributed by atoms with Crippen molar-refractivity contribution in [2.75, 3.05) is 11.9 Å². The quantitative estimate of drug-likeness (QED) is 0.865. The summed E-state index contributed by atoms with van der Waals surface area (Å²) in [5, 5.41) is 5.69. The van der Waals surface area contributed by atoms with Gasteiger partial charge in [0.1, 0.15) is 6.61 Å². The largest absolute Gasteiger partial charge is 0.485 e. The standard InChI is InChI=1S/C20H22N2O4/c1-3-13(2)21-19(23)14-8-10-15(11-9-14)22-20(24)18-12-25-16-6-4-5-7-17(16)26-18/h4-11,13,18H,3,12H2,1-2H3,(H,21,23)(H,22,24). The summed E-state index contributed by atoms with van der Waals surface area (Å²) in [5.74, 6) is 0.762. The SMILES string of the molecule is CCC(C)NC(=O)c1ccc(NC(=O)C2COc3ccccc3O2)cc1. The molecule has 0 saturated heterocycles. The van der Waals surface area contributed by atoms with E-state index in [9.17, 15) is 9.59 Å². The zero-order valence-electron chi connectivity index (χ0n) is 14.8. The third-order valence-electron chi connectivity index (χ3n) is 4.21. The van der Waals surface area contributed by atoms with Gasteiger partial charge in [0.15, 0.2) is 11.5 Å². The maximum atomic E-state index is 12.4. The fourth-order valence-corrected chi connectivity index (χ4v) is 2.49.